The van der Waals surface area contributed by atoms with Crippen molar-refractivity contribution in [3.8, 4) is 5.75 Å². The Kier molecular flexibility index (Phi) is 8.40. The maximum absolute atomic E-state index is 13.7. The van der Waals surface area contributed by atoms with Crippen molar-refractivity contribution in [1.29, 1.82) is 0 Å². The number of carbonyl (C=O) groups is 1. The van der Waals surface area contributed by atoms with Crippen molar-refractivity contribution in [2.45, 2.75) is 24.5 Å². The molecule has 2 atom stereocenters. The number of nitrogens with one attached hydrogen (secondary N) is 2. The summed E-state index contributed by atoms with van der Waals surface area (Å²) in [5.41, 5.74) is 6.80. The van der Waals surface area contributed by atoms with Gasteiger partial charge >= 0.3 is 0 Å². The van der Waals surface area contributed by atoms with Gasteiger partial charge in [0.2, 0.25) is 5.90 Å². The molecule has 1 amide bonds. The van der Waals surface area contributed by atoms with E-state index in [9.17, 15) is 4.79 Å². The van der Waals surface area contributed by atoms with Crippen LogP contribution in [0.1, 0.15) is 30.1 Å². The van der Waals surface area contributed by atoms with Gasteiger partial charge in [0.1, 0.15) is 5.75 Å². The van der Waals surface area contributed by atoms with Crippen LogP contribution in [-0.4, -0.2) is 35.7 Å². The van der Waals surface area contributed by atoms with Gasteiger partial charge in [0.05, 0.1) is 12.3 Å². The normalized spacial score (nSPS) is 18.6. The molecular formula is C28H28BrN3O4. The van der Waals surface area contributed by atoms with Gasteiger partial charge in [-0.25, -0.2) is 4.99 Å². The average Bonchev–Trinajstić information content (AvgIpc) is 3.29. The summed E-state index contributed by atoms with van der Waals surface area (Å²) < 4.78 is 12.9. The zero-order valence-electron chi connectivity index (χ0n) is 19.7. The molecule has 0 spiro atoms. The maximum Gasteiger partial charge on any atom is 0.270 e. The van der Waals surface area contributed by atoms with Gasteiger partial charge in [-0.3, -0.25) is 15.6 Å². The fraction of sp³-hybridized carbons (Fsp3) is 0.214. The van der Waals surface area contributed by atoms with E-state index in [2.05, 4.69) is 33.4 Å². The van der Waals surface area contributed by atoms with Gasteiger partial charge in [-0.2, -0.15) is 0 Å². The van der Waals surface area contributed by atoms with Crippen LogP contribution in [0, 0.1) is 0 Å². The summed E-state index contributed by atoms with van der Waals surface area (Å²) >= 11 is 3.47. The van der Waals surface area contributed by atoms with Gasteiger partial charge in [0.15, 0.2) is 11.6 Å². The van der Waals surface area contributed by atoms with Crippen molar-refractivity contribution in [2.24, 2.45) is 4.99 Å². The number of ether oxygens (including phenoxy) is 2. The number of hydrogen-bond acceptors (Lipinski definition) is 6. The van der Waals surface area contributed by atoms with Crippen molar-refractivity contribution >= 4 is 33.4 Å². The second-order valence-electron chi connectivity index (χ2n) is 8.28. The molecule has 0 fully saturated rings. The summed E-state index contributed by atoms with van der Waals surface area (Å²) in [6.07, 6.45) is 1.84. The molecule has 186 valence electrons. The highest BCUT2D eigenvalue weighted by Gasteiger charge is 2.52. The second kappa shape index (κ2) is 11.9. The van der Waals surface area contributed by atoms with Crippen LogP contribution >= 0.6 is 15.9 Å². The molecule has 36 heavy (non-hydrogen) atoms. The van der Waals surface area contributed by atoms with Crippen LogP contribution in [0.2, 0.25) is 0 Å². The van der Waals surface area contributed by atoms with Crippen LogP contribution in [0.15, 0.2) is 101 Å². The fourth-order valence-corrected chi connectivity index (χ4v) is 4.20. The van der Waals surface area contributed by atoms with Crippen LogP contribution in [0.25, 0.3) is 0 Å². The van der Waals surface area contributed by atoms with E-state index in [4.69, 9.17) is 19.6 Å². The van der Waals surface area contributed by atoms with Crippen LogP contribution in [0.4, 0.5) is 5.69 Å². The lowest BCUT2D eigenvalue weighted by atomic mass is 9.84. The van der Waals surface area contributed by atoms with Gasteiger partial charge in [-0.15, -0.1) is 6.58 Å². The third kappa shape index (κ3) is 5.78. The second-order valence-corrected chi connectivity index (χ2v) is 9.19. The van der Waals surface area contributed by atoms with Crippen molar-refractivity contribution in [3.63, 3.8) is 0 Å². The number of benzene rings is 3. The Bertz CT molecular complexity index is 1200. The number of aliphatic hydroxyl groups excluding tert-OH is 1. The Labute approximate surface area is 219 Å². The molecule has 0 radical (unpaired) electrons. The van der Waals surface area contributed by atoms with Crippen molar-refractivity contribution in [2.75, 3.05) is 18.6 Å². The Hall–Kier alpha value is -3.62. The molecule has 1 aliphatic rings. The molecule has 3 N–H and O–H groups in total. The van der Waals surface area contributed by atoms with E-state index in [0.29, 0.717) is 24.7 Å². The molecule has 3 aromatic rings. The molecule has 1 aliphatic heterocycles. The summed E-state index contributed by atoms with van der Waals surface area (Å²) in [6, 6.07) is 24.4. The summed E-state index contributed by atoms with van der Waals surface area (Å²) in [5, 5.41) is 8.95. The maximum atomic E-state index is 13.7. The lowest BCUT2D eigenvalue weighted by Crippen LogP contribution is -2.49. The topological polar surface area (TPSA) is 92.2 Å². The molecule has 1 heterocycles. The van der Waals surface area contributed by atoms with E-state index in [1.807, 2.05) is 78.9 Å². The van der Waals surface area contributed by atoms with Crippen LogP contribution in [0.5, 0.6) is 5.75 Å². The number of carbonyl (C=O) groups excluding carboxylic acids is 1. The molecule has 0 saturated carbocycles. The van der Waals surface area contributed by atoms with Crippen molar-refractivity contribution < 1.29 is 19.4 Å². The van der Waals surface area contributed by atoms with Crippen molar-refractivity contribution in [1.82, 2.24) is 5.43 Å². The van der Waals surface area contributed by atoms with Crippen LogP contribution in [0.3, 0.4) is 0 Å². The predicted molar refractivity (Wildman–Crippen MR) is 144 cm³/mol. The van der Waals surface area contributed by atoms with Gasteiger partial charge in [-0.1, -0.05) is 52.3 Å². The monoisotopic (exact) mass is 549 g/mol. The highest BCUT2D eigenvalue weighted by molar-refractivity contribution is 9.10. The first-order chi connectivity index (χ1) is 17.6. The molecule has 0 bridgehead atoms. The lowest BCUT2D eigenvalue weighted by Gasteiger charge is -2.29. The van der Waals surface area contributed by atoms with Crippen LogP contribution < -0.4 is 15.6 Å². The molecule has 3 aromatic carbocycles. The zero-order chi connectivity index (χ0) is 25.4. The van der Waals surface area contributed by atoms with Gasteiger partial charge in [-0.05, 0) is 54.1 Å². The summed E-state index contributed by atoms with van der Waals surface area (Å²) in [7, 11) is 0. The number of aliphatic imine (C=N–C) groups is 1. The molecule has 7 nitrogen and oxygen atoms in total. The van der Waals surface area contributed by atoms with Gasteiger partial charge in [0.25, 0.3) is 5.91 Å². The van der Waals surface area contributed by atoms with Crippen LogP contribution in [-0.2, 0) is 9.53 Å². The van der Waals surface area contributed by atoms with Gasteiger partial charge in [0, 0.05) is 29.5 Å². The molecule has 0 unspecified atom stereocenters. The Morgan fingerprint density at radius 2 is 1.83 bits per heavy atom. The summed E-state index contributed by atoms with van der Waals surface area (Å²) in [5.74, 6) is 0.706. The first-order valence-electron chi connectivity index (χ1n) is 11.6. The van der Waals surface area contributed by atoms with E-state index in [-0.39, 0.29) is 18.9 Å². The van der Waals surface area contributed by atoms with Gasteiger partial charge < -0.3 is 14.6 Å². The van der Waals surface area contributed by atoms with E-state index < -0.39 is 11.6 Å². The standard InChI is InChI=1S/C28H28BrN3O4/c1-2-17-28(27(34)32-31-23-7-4-3-5-8-23)25(20-9-13-22(29)14-10-20)36-26(30-28)21-11-15-24(16-12-21)35-19-6-18-33/h2-5,7-16,25,31,33H,1,6,17-19H2,(H,32,34)/t25-,28-/m0/s1. The van der Waals surface area contributed by atoms with E-state index in [1.165, 1.54) is 0 Å². The number of anilines is 1. The van der Waals surface area contributed by atoms with E-state index >= 15 is 0 Å². The SMILES string of the molecule is C=CC[C@]1(C(=O)NNc2ccccc2)N=C(c2ccc(OCCCO)cc2)O[C@H]1c1ccc(Br)cc1. The fourth-order valence-electron chi connectivity index (χ4n) is 3.93. The lowest BCUT2D eigenvalue weighted by molar-refractivity contribution is -0.128. The van der Waals surface area contributed by atoms with E-state index in [0.717, 1.165) is 21.3 Å². The zero-order valence-corrected chi connectivity index (χ0v) is 21.3. The molecule has 4 rings (SSSR count). The van der Waals surface area contributed by atoms with E-state index in [1.54, 1.807) is 6.08 Å². The third-order valence-corrected chi connectivity index (χ3v) is 6.28. The number of amides is 1. The Morgan fingerprint density at radius 1 is 1.11 bits per heavy atom. The highest BCUT2D eigenvalue weighted by Crippen LogP contribution is 2.43. The molecule has 0 aromatic heterocycles. The number of aliphatic hydroxyl groups is 1. The molecule has 0 saturated heterocycles. The summed E-state index contributed by atoms with van der Waals surface area (Å²) in [6.45, 7) is 4.39. The predicted octanol–water partition coefficient (Wildman–Crippen LogP) is 5.19. The number of halogens is 1. The number of para-hydroxylation sites is 1. The smallest absolute Gasteiger partial charge is 0.270 e. The Balaban J connectivity index is 1.66. The number of rotatable bonds is 11. The average molecular weight is 550 g/mol. The highest BCUT2D eigenvalue weighted by atomic mass is 79.9. The molecular weight excluding hydrogens is 522 g/mol. The Morgan fingerprint density at radius 3 is 2.50 bits per heavy atom. The minimum absolute atomic E-state index is 0.0761. The first kappa shape index (κ1) is 25.5. The van der Waals surface area contributed by atoms with Crippen molar-refractivity contribution in [3.05, 3.63) is 107 Å². The molecule has 8 heteroatoms. The summed E-state index contributed by atoms with van der Waals surface area (Å²) in [4.78, 5) is 18.6. The molecule has 0 aliphatic carbocycles. The quantitative estimate of drug-likeness (QED) is 0.174. The minimum Gasteiger partial charge on any atom is -0.494 e. The third-order valence-electron chi connectivity index (χ3n) is 5.75. The largest absolute Gasteiger partial charge is 0.494 e. The minimum atomic E-state index is -1.27. The number of nitrogens with zero attached hydrogens (tertiary/aromatic N) is 1. The number of hydrogen-bond donors (Lipinski definition) is 3. The first-order valence-corrected chi connectivity index (χ1v) is 12.4. The number of hydrazine groups is 1.